The Bertz CT molecular complexity index is 800. The lowest BCUT2D eigenvalue weighted by atomic mass is 10.0. The molecule has 2 aromatic carbocycles. The summed E-state index contributed by atoms with van der Waals surface area (Å²) in [5.74, 6) is 2.48. The summed E-state index contributed by atoms with van der Waals surface area (Å²) in [5, 5.41) is 3.20. The minimum Gasteiger partial charge on any atom is -0.493 e. The molecule has 1 N–H and O–H groups in total. The van der Waals surface area contributed by atoms with Crippen LogP contribution in [0.4, 0.5) is 0 Å². The van der Waals surface area contributed by atoms with E-state index in [0.29, 0.717) is 37.1 Å². The van der Waals surface area contributed by atoms with E-state index in [1.165, 1.54) is 0 Å². The van der Waals surface area contributed by atoms with Gasteiger partial charge in [0.25, 0.3) is 5.91 Å². The first-order chi connectivity index (χ1) is 12.8. The Hall–Kier alpha value is -2.69. The summed E-state index contributed by atoms with van der Waals surface area (Å²) >= 11 is 0. The van der Waals surface area contributed by atoms with E-state index in [9.17, 15) is 4.79 Å². The number of para-hydroxylation sites is 1. The Morgan fingerprint density at radius 3 is 2.69 bits per heavy atom. The number of rotatable bonds is 6. The van der Waals surface area contributed by atoms with E-state index in [-0.39, 0.29) is 11.9 Å². The molecule has 1 saturated carbocycles. The van der Waals surface area contributed by atoms with Crippen LogP contribution in [0.2, 0.25) is 0 Å². The number of hydrogen-bond acceptors (Lipinski definition) is 4. The molecule has 2 aliphatic rings. The maximum Gasteiger partial charge on any atom is 0.255 e. The summed E-state index contributed by atoms with van der Waals surface area (Å²) in [4.78, 5) is 12.9. The minimum absolute atomic E-state index is 0.0343. The van der Waals surface area contributed by atoms with E-state index in [2.05, 4.69) is 5.32 Å². The Morgan fingerprint density at radius 2 is 1.92 bits per heavy atom. The van der Waals surface area contributed by atoms with Crippen LogP contribution in [-0.2, 0) is 0 Å². The summed E-state index contributed by atoms with van der Waals surface area (Å²) in [6.45, 7) is 3.57. The van der Waals surface area contributed by atoms with Crippen LogP contribution in [0.3, 0.4) is 0 Å². The van der Waals surface area contributed by atoms with Crippen LogP contribution in [-0.4, -0.2) is 25.7 Å². The fraction of sp³-hybridized carbons (Fsp3) is 0.381. The third kappa shape index (κ3) is 3.47. The zero-order valence-electron chi connectivity index (χ0n) is 14.9. The van der Waals surface area contributed by atoms with Crippen molar-refractivity contribution in [3.63, 3.8) is 0 Å². The average Bonchev–Trinajstić information content (AvgIpc) is 3.51. The Balaban J connectivity index is 1.57. The molecule has 1 fully saturated rings. The van der Waals surface area contributed by atoms with Gasteiger partial charge in [0, 0.05) is 0 Å². The van der Waals surface area contributed by atoms with Crippen LogP contribution in [0, 0.1) is 5.92 Å². The molecule has 1 aliphatic heterocycles. The molecule has 1 unspecified atom stereocenters. The van der Waals surface area contributed by atoms with E-state index in [1.54, 1.807) is 6.07 Å². The number of carbonyl (C=O) groups is 1. The summed E-state index contributed by atoms with van der Waals surface area (Å²) in [7, 11) is 0. The number of nitrogens with one attached hydrogen (secondary N) is 1. The van der Waals surface area contributed by atoms with Crippen molar-refractivity contribution in [3.8, 4) is 17.2 Å². The normalized spacial score (nSPS) is 16.7. The van der Waals surface area contributed by atoms with Gasteiger partial charge in [0.15, 0.2) is 11.5 Å². The van der Waals surface area contributed by atoms with Crippen LogP contribution in [0.1, 0.15) is 41.7 Å². The Kier molecular flexibility index (Phi) is 4.69. The number of benzene rings is 2. The standard InChI is InChI=1S/C21H23NO4/c1-2-24-17-6-4-3-5-16(17)21(23)22-20(14-7-8-14)15-9-10-18-19(13-15)26-12-11-25-18/h3-6,9-10,13-14,20H,2,7-8,11-12H2,1H3,(H,22,23). The molecule has 0 aromatic heterocycles. The first-order valence-electron chi connectivity index (χ1n) is 9.18. The van der Waals surface area contributed by atoms with Crippen molar-refractivity contribution in [1.29, 1.82) is 0 Å². The molecule has 4 rings (SSSR count). The quantitative estimate of drug-likeness (QED) is 0.860. The fourth-order valence-corrected chi connectivity index (χ4v) is 3.31. The first kappa shape index (κ1) is 16.8. The van der Waals surface area contributed by atoms with Crippen molar-refractivity contribution in [2.24, 2.45) is 5.92 Å². The molecule has 2 aromatic rings. The SMILES string of the molecule is CCOc1ccccc1C(=O)NC(c1ccc2c(c1)OCCO2)C1CC1. The van der Waals surface area contributed by atoms with Gasteiger partial charge in [-0.25, -0.2) is 0 Å². The second-order valence-electron chi connectivity index (χ2n) is 6.62. The summed E-state index contributed by atoms with van der Waals surface area (Å²) < 4.78 is 16.9. The molecule has 26 heavy (non-hydrogen) atoms. The van der Waals surface area contributed by atoms with E-state index >= 15 is 0 Å². The van der Waals surface area contributed by atoms with Gasteiger partial charge in [0.05, 0.1) is 18.2 Å². The van der Waals surface area contributed by atoms with Crippen LogP contribution in [0.15, 0.2) is 42.5 Å². The number of carbonyl (C=O) groups excluding carboxylic acids is 1. The topological polar surface area (TPSA) is 56.8 Å². The molecule has 1 amide bonds. The molecule has 0 radical (unpaired) electrons. The highest BCUT2D eigenvalue weighted by atomic mass is 16.6. The molecule has 1 aliphatic carbocycles. The van der Waals surface area contributed by atoms with Gasteiger partial charge in [0.1, 0.15) is 19.0 Å². The zero-order valence-corrected chi connectivity index (χ0v) is 14.9. The third-order valence-electron chi connectivity index (χ3n) is 4.74. The highest BCUT2D eigenvalue weighted by Gasteiger charge is 2.34. The Labute approximate surface area is 153 Å². The number of fused-ring (bicyclic) bond motifs is 1. The van der Waals surface area contributed by atoms with Gasteiger partial charge in [-0.05, 0) is 55.5 Å². The monoisotopic (exact) mass is 353 g/mol. The number of hydrogen-bond donors (Lipinski definition) is 1. The Morgan fingerprint density at radius 1 is 1.15 bits per heavy atom. The maximum absolute atomic E-state index is 12.9. The molecular formula is C21H23NO4. The van der Waals surface area contributed by atoms with Crippen molar-refractivity contribution in [3.05, 3.63) is 53.6 Å². The van der Waals surface area contributed by atoms with Gasteiger partial charge in [-0.3, -0.25) is 4.79 Å². The van der Waals surface area contributed by atoms with Gasteiger partial charge in [-0.2, -0.15) is 0 Å². The van der Waals surface area contributed by atoms with Gasteiger partial charge >= 0.3 is 0 Å². The fourth-order valence-electron chi connectivity index (χ4n) is 3.31. The van der Waals surface area contributed by atoms with Crippen LogP contribution < -0.4 is 19.5 Å². The van der Waals surface area contributed by atoms with Gasteiger partial charge < -0.3 is 19.5 Å². The van der Waals surface area contributed by atoms with Crippen molar-refractivity contribution in [2.45, 2.75) is 25.8 Å². The molecule has 0 bridgehead atoms. The lowest BCUT2D eigenvalue weighted by Crippen LogP contribution is -2.30. The van der Waals surface area contributed by atoms with Crippen molar-refractivity contribution in [1.82, 2.24) is 5.32 Å². The predicted octanol–water partition coefficient (Wildman–Crippen LogP) is 3.74. The second kappa shape index (κ2) is 7.28. The van der Waals surface area contributed by atoms with Gasteiger partial charge in [-0.1, -0.05) is 18.2 Å². The highest BCUT2D eigenvalue weighted by molar-refractivity contribution is 5.97. The molecular weight excluding hydrogens is 330 g/mol. The molecule has 5 heteroatoms. The summed E-state index contributed by atoms with van der Waals surface area (Å²) in [6.07, 6.45) is 2.24. The summed E-state index contributed by atoms with van der Waals surface area (Å²) in [5.41, 5.74) is 1.62. The van der Waals surface area contributed by atoms with E-state index in [0.717, 1.165) is 29.9 Å². The number of ether oxygens (including phenoxy) is 3. The molecule has 5 nitrogen and oxygen atoms in total. The smallest absolute Gasteiger partial charge is 0.255 e. The first-order valence-corrected chi connectivity index (χ1v) is 9.18. The molecule has 1 atom stereocenters. The van der Waals surface area contributed by atoms with Crippen LogP contribution in [0.5, 0.6) is 17.2 Å². The second-order valence-corrected chi connectivity index (χ2v) is 6.62. The van der Waals surface area contributed by atoms with Crippen LogP contribution >= 0.6 is 0 Å². The van der Waals surface area contributed by atoms with E-state index in [1.807, 2.05) is 43.3 Å². The average molecular weight is 353 g/mol. The van der Waals surface area contributed by atoms with Crippen LogP contribution in [0.25, 0.3) is 0 Å². The molecule has 136 valence electrons. The minimum atomic E-state index is -0.110. The van der Waals surface area contributed by atoms with E-state index < -0.39 is 0 Å². The largest absolute Gasteiger partial charge is 0.493 e. The van der Waals surface area contributed by atoms with Crippen molar-refractivity contribution < 1.29 is 19.0 Å². The predicted molar refractivity (Wildman–Crippen MR) is 98.0 cm³/mol. The molecule has 0 saturated heterocycles. The lowest BCUT2D eigenvalue weighted by Gasteiger charge is -2.23. The van der Waals surface area contributed by atoms with Gasteiger partial charge in [0.2, 0.25) is 0 Å². The number of amides is 1. The van der Waals surface area contributed by atoms with E-state index in [4.69, 9.17) is 14.2 Å². The zero-order chi connectivity index (χ0) is 17.9. The van der Waals surface area contributed by atoms with Crippen molar-refractivity contribution in [2.75, 3.05) is 19.8 Å². The highest BCUT2D eigenvalue weighted by Crippen LogP contribution is 2.43. The third-order valence-corrected chi connectivity index (χ3v) is 4.74. The van der Waals surface area contributed by atoms with Crippen molar-refractivity contribution >= 4 is 5.91 Å². The molecule has 0 spiro atoms. The summed E-state index contributed by atoms with van der Waals surface area (Å²) in [6, 6.07) is 13.3. The van der Waals surface area contributed by atoms with Gasteiger partial charge in [-0.15, -0.1) is 0 Å². The maximum atomic E-state index is 12.9. The molecule has 1 heterocycles. The lowest BCUT2D eigenvalue weighted by molar-refractivity contribution is 0.0927.